The topological polar surface area (TPSA) is 86.7 Å². The number of carbonyl (C=O) groups excluding carboxylic acids is 1. The lowest BCUT2D eigenvalue weighted by molar-refractivity contribution is -0.673. The summed E-state index contributed by atoms with van der Waals surface area (Å²) in [5, 5.41) is 4.02. The number of rotatable bonds is 13. The molecule has 1 heterocycles. The number of nitrogens with zero attached hydrogens (tertiary/aromatic N) is 1. The molecule has 0 saturated carbocycles. The first-order valence-electron chi connectivity index (χ1n) is 12.0. The molecule has 0 aliphatic carbocycles. The molecular weight excluding hydrogens is 442 g/mol. The van der Waals surface area contributed by atoms with Crippen molar-refractivity contribution in [2.75, 3.05) is 34.4 Å². The SMILES string of the molecule is COc1cc(/C=C/c2ccc3ccccc3[n+]2CCCCCC(=O)NCCN)cc(OC)c1OC. The number of hydrogen-bond acceptors (Lipinski definition) is 5. The first kappa shape index (κ1) is 26.0. The second kappa shape index (κ2) is 13.3. The lowest BCUT2D eigenvalue weighted by Crippen LogP contribution is -2.38. The fourth-order valence-electron chi connectivity index (χ4n) is 4.08. The number of nitrogens with two attached hydrogens (primary N) is 1. The smallest absolute Gasteiger partial charge is 0.220 e. The van der Waals surface area contributed by atoms with Crippen LogP contribution in [0.1, 0.15) is 36.9 Å². The Morgan fingerprint density at radius 2 is 1.69 bits per heavy atom. The van der Waals surface area contributed by atoms with E-state index in [0.717, 1.165) is 37.1 Å². The minimum absolute atomic E-state index is 0.0715. The zero-order chi connectivity index (χ0) is 25.0. The largest absolute Gasteiger partial charge is 0.493 e. The molecule has 186 valence electrons. The summed E-state index contributed by atoms with van der Waals surface area (Å²) in [7, 11) is 4.83. The maximum Gasteiger partial charge on any atom is 0.220 e. The summed E-state index contributed by atoms with van der Waals surface area (Å²) in [6.45, 7) is 1.86. The highest BCUT2D eigenvalue weighted by atomic mass is 16.5. The van der Waals surface area contributed by atoms with Crippen LogP contribution in [0.3, 0.4) is 0 Å². The zero-order valence-corrected chi connectivity index (χ0v) is 20.9. The number of nitrogens with one attached hydrogen (secondary N) is 1. The van der Waals surface area contributed by atoms with Crippen molar-refractivity contribution < 1.29 is 23.6 Å². The summed E-state index contributed by atoms with van der Waals surface area (Å²) in [5.41, 5.74) is 8.66. The number of aromatic nitrogens is 1. The summed E-state index contributed by atoms with van der Waals surface area (Å²) in [4.78, 5) is 11.8. The average Bonchev–Trinajstić information content (AvgIpc) is 2.90. The van der Waals surface area contributed by atoms with Crippen LogP contribution in [0.2, 0.25) is 0 Å². The van der Waals surface area contributed by atoms with E-state index in [2.05, 4.69) is 52.4 Å². The van der Waals surface area contributed by atoms with Crippen LogP contribution in [0.15, 0.2) is 48.5 Å². The van der Waals surface area contributed by atoms with Crippen molar-refractivity contribution in [1.82, 2.24) is 5.32 Å². The molecule has 7 heteroatoms. The highest BCUT2D eigenvalue weighted by Crippen LogP contribution is 2.38. The molecular formula is C28H36N3O4+. The number of methoxy groups -OCH3 is 3. The van der Waals surface area contributed by atoms with E-state index in [1.807, 2.05) is 18.2 Å². The van der Waals surface area contributed by atoms with Gasteiger partial charge < -0.3 is 25.3 Å². The van der Waals surface area contributed by atoms with Crippen LogP contribution in [-0.2, 0) is 11.3 Å². The van der Waals surface area contributed by atoms with E-state index in [9.17, 15) is 4.79 Å². The van der Waals surface area contributed by atoms with Gasteiger partial charge in [-0.05, 0) is 48.7 Å². The second-order valence-corrected chi connectivity index (χ2v) is 8.21. The summed E-state index contributed by atoms with van der Waals surface area (Å²) in [5.74, 6) is 1.88. The fraction of sp³-hybridized carbons (Fsp3) is 0.357. The maximum absolute atomic E-state index is 11.8. The molecule has 2 aromatic carbocycles. The molecule has 3 rings (SSSR count). The number of aryl methyl sites for hydroxylation is 1. The van der Waals surface area contributed by atoms with Crippen LogP contribution in [0.4, 0.5) is 0 Å². The molecule has 0 atom stereocenters. The molecule has 35 heavy (non-hydrogen) atoms. The van der Waals surface area contributed by atoms with E-state index in [4.69, 9.17) is 19.9 Å². The molecule has 0 unspecified atom stereocenters. The quantitative estimate of drug-likeness (QED) is 0.287. The van der Waals surface area contributed by atoms with E-state index < -0.39 is 0 Å². The number of hydrogen-bond donors (Lipinski definition) is 2. The van der Waals surface area contributed by atoms with Crippen molar-refractivity contribution in [3.05, 3.63) is 59.8 Å². The van der Waals surface area contributed by atoms with Gasteiger partial charge in [0.1, 0.15) is 6.54 Å². The zero-order valence-electron chi connectivity index (χ0n) is 20.9. The number of carbonyl (C=O) groups is 1. The maximum atomic E-state index is 11.8. The molecule has 3 aromatic rings. The van der Waals surface area contributed by atoms with Crippen LogP contribution >= 0.6 is 0 Å². The summed E-state index contributed by atoms with van der Waals surface area (Å²) >= 11 is 0. The number of unbranched alkanes of at least 4 members (excludes halogenated alkanes) is 2. The van der Waals surface area contributed by atoms with E-state index in [-0.39, 0.29) is 5.91 Å². The van der Waals surface area contributed by atoms with Gasteiger partial charge in [-0.1, -0.05) is 12.1 Å². The molecule has 0 radical (unpaired) electrons. The number of benzene rings is 2. The summed E-state index contributed by atoms with van der Waals surface area (Å²) in [6.07, 6.45) is 7.50. The standard InChI is InChI=1S/C28H35N3O4/c1-33-25-19-21(20-26(34-2)28(25)35-3)12-14-23-15-13-22-9-6-7-10-24(22)31(23)18-8-4-5-11-27(32)30-17-16-29/h6-7,9-10,12-15,19-20H,4-5,8,11,16-18,29H2,1-3H3/p+1/b14-12+. The van der Waals surface area contributed by atoms with Crippen LogP contribution in [-0.4, -0.2) is 40.3 Å². The Labute approximate surface area is 207 Å². The molecule has 0 spiro atoms. The van der Waals surface area contributed by atoms with E-state index in [1.54, 1.807) is 21.3 Å². The Morgan fingerprint density at radius 3 is 2.37 bits per heavy atom. The summed E-state index contributed by atoms with van der Waals surface area (Å²) < 4.78 is 18.7. The Hall–Kier alpha value is -3.58. The Balaban J connectivity index is 1.79. The molecule has 3 N–H and O–H groups in total. The predicted octanol–water partition coefficient (Wildman–Crippen LogP) is 3.96. The van der Waals surface area contributed by atoms with Gasteiger partial charge in [0.05, 0.1) is 21.3 Å². The number of pyridine rings is 1. The van der Waals surface area contributed by atoms with Crippen molar-refractivity contribution in [2.24, 2.45) is 5.73 Å². The van der Waals surface area contributed by atoms with Gasteiger partial charge in [-0.3, -0.25) is 4.79 Å². The van der Waals surface area contributed by atoms with Crippen LogP contribution < -0.4 is 29.8 Å². The fourth-order valence-corrected chi connectivity index (χ4v) is 4.08. The van der Waals surface area contributed by atoms with Crippen molar-refractivity contribution in [2.45, 2.75) is 32.2 Å². The Bertz CT molecular complexity index is 1140. The molecule has 7 nitrogen and oxygen atoms in total. The van der Waals surface area contributed by atoms with E-state index >= 15 is 0 Å². The van der Waals surface area contributed by atoms with Crippen LogP contribution in [0.5, 0.6) is 17.2 Å². The minimum Gasteiger partial charge on any atom is -0.493 e. The third kappa shape index (κ3) is 6.96. The average molecular weight is 479 g/mol. The number of fused-ring (bicyclic) bond motifs is 1. The van der Waals surface area contributed by atoms with Gasteiger partial charge in [0, 0.05) is 49.5 Å². The van der Waals surface area contributed by atoms with Crippen LogP contribution in [0.25, 0.3) is 23.1 Å². The molecule has 0 aliphatic rings. The van der Waals surface area contributed by atoms with Gasteiger partial charge in [0.15, 0.2) is 11.5 Å². The highest BCUT2D eigenvalue weighted by molar-refractivity contribution is 5.78. The molecule has 1 aromatic heterocycles. The molecule has 1 amide bonds. The van der Waals surface area contributed by atoms with E-state index in [1.165, 1.54) is 10.9 Å². The van der Waals surface area contributed by atoms with Gasteiger partial charge in [-0.2, -0.15) is 4.57 Å². The molecule has 0 aliphatic heterocycles. The molecule has 0 saturated heterocycles. The normalized spacial score (nSPS) is 11.1. The number of ether oxygens (including phenoxy) is 3. The summed E-state index contributed by atoms with van der Waals surface area (Å²) in [6, 6.07) is 16.5. The number of para-hydroxylation sites is 1. The van der Waals surface area contributed by atoms with Gasteiger partial charge in [0.2, 0.25) is 22.9 Å². The lowest BCUT2D eigenvalue weighted by Gasteiger charge is -2.12. The van der Waals surface area contributed by atoms with Gasteiger partial charge >= 0.3 is 0 Å². The van der Waals surface area contributed by atoms with Gasteiger partial charge in [0.25, 0.3) is 0 Å². The highest BCUT2D eigenvalue weighted by Gasteiger charge is 2.15. The second-order valence-electron chi connectivity index (χ2n) is 8.21. The minimum atomic E-state index is 0.0715. The third-order valence-corrected chi connectivity index (χ3v) is 5.86. The van der Waals surface area contributed by atoms with Crippen molar-refractivity contribution in [1.29, 1.82) is 0 Å². The first-order valence-corrected chi connectivity index (χ1v) is 12.0. The Kier molecular flexibility index (Phi) is 9.93. The number of amides is 1. The van der Waals surface area contributed by atoms with Crippen molar-refractivity contribution in [3.8, 4) is 17.2 Å². The van der Waals surface area contributed by atoms with Gasteiger partial charge in [-0.25, -0.2) is 0 Å². The van der Waals surface area contributed by atoms with Crippen molar-refractivity contribution in [3.63, 3.8) is 0 Å². The predicted molar refractivity (Wildman–Crippen MR) is 140 cm³/mol. The first-order chi connectivity index (χ1) is 17.1. The van der Waals surface area contributed by atoms with Gasteiger partial charge in [-0.15, -0.1) is 0 Å². The third-order valence-electron chi connectivity index (χ3n) is 5.86. The molecule has 0 bridgehead atoms. The lowest BCUT2D eigenvalue weighted by atomic mass is 10.1. The van der Waals surface area contributed by atoms with Crippen LogP contribution in [0, 0.1) is 0 Å². The van der Waals surface area contributed by atoms with Crippen molar-refractivity contribution >= 4 is 29.0 Å². The molecule has 0 fully saturated rings. The Morgan fingerprint density at radius 1 is 0.943 bits per heavy atom. The monoisotopic (exact) mass is 478 g/mol. The van der Waals surface area contributed by atoms with E-state index in [0.29, 0.717) is 36.8 Å².